The first-order chi connectivity index (χ1) is 10.7. The van der Waals surface area contributed by atoms with Crippen LogP contribution in [0.4, 0.5) is 0 Å². The molecule has 0 aromatic heterocycles. The molecule has 3 nitrogen and oxygen atoms in total. The lowest BCUT2D eigenvalue weighted by atomic mass is 9.83. The van der Waals surface area contributed by atoms with Crippen LogP contribution in [0.3, 0.4) is 0 Å². The van der Waals surface area contributed by atoms with Gasteiger partial charge < -0.3 is 0 Å². The van der Waals surface area contributed by atoms with Crippen molar-refractivity contribution in [2.45, 2.75) is 12.3 Å². The molecule has 0 spiro atoms. The van der Waals surface area contributed by atoms with Gasteiger partial charge >= 0.3 is 0 Å². The molecule has 0 N–H and O–H groups in total. The van der Waals surface area contributed by atoms with E-state index in [-0.39, 0.29) is 12.2 Å². The number of hydrogen-bond acceptors (Lipinski definition) is 3. The van der Waals surface area contributed by atoms with E-state index >= 15 is 0 Å². The lowest BCUT2D eigenvalue weighted by Gasteiger charge is -2.17. The van der Waals surface area contributed by atoms with Gasteiger partial charge in [-0.25, -0.2) is 0 Å². The second kappa shape index (κ2) is 7.54. The maximum atomic E-state index is 12.4. The molecule has 0 amide bonds. The largest absolute Gasteiger partial charge is 0.294 e. The minimum absolute atomic E-state index is 0.0724. The number of halogens is 1. The van der Waals surface area contributed by atoms with E-state index in [1.807, 2.05) is 42.5 Å². The highest BCUT2D eigenvalue weighted by atomic mass is 79.9. The summed E-state index contributed by atoms with van der Waals surface area (Å²) < 4.78 is 0.899. The van der Waals surface area contributed by atoms with Crippen LogP contribution in [0.25, 0.3) is 0 Å². The quantitative estimate of drug-likeness (QED) is 0.745. The molecule has 0 aliphatic rings. The highest BCUT2D eigenvalue weighted by Crippen LogP contribution is 2.29. The van der Waals surface area contributed by atoms with E-state index in [2.05, 4.69) is 15.9 Å². The molecule has 0 aliphatic heterocycles. The van der Waals surface area contributed by atoms with Crippen molar-refractivity contribution in [3.63, 3.8) is 0 Å². The summed E-state index contributed by atoms with van der Waals surface area (Å²) in [6.45, 7) is 0. The summed E-state index contributed by atoms with van der Waals surface area (Å²) >= 11 is 3.33. The molecule has 0 bridgehead atoms. The average Bonchev–Trinajstić information content (AvgIpc) is 2.56. The zero-order chi connectivity index (χ0) is 15.9. The van der Waals surface area contributed by atoms with Gasteiger partial charge in [-0.2, -0.15) is 10.5 Å². The molecule has 2 aromatic rings. The second-order valence-electron chi connectivity index (χ2n) is 4.89. The number of Topliss-reactive ketones (excluding diaryl/α,β-unsaturated/α-hetero) is 1. The molecule has 0 fully saturated rings. The van der Waals surface area contributed by atoms with Crippen LogP contribution < -0.4 is 0 Å². The minimum atomic E-state index is -0.846. The Morgan fingerprint density at radius 1 is 1.00 bits per heavy atom. The molecule has 0 saturated carbocycles. The minimum Gasteiger partial charge on any atom is -0.294 e. The van der Waals surface area contributed by atoms with Crippen molar-refractivity contribution in [1.82, 2.24) is 0 Å². The van der Waals surface area contributed by atoms with Crippen LogP contribution >= 0.6 is 15.9 Å². The standard InChI is InChI=1S/C18H13BrN2O/c19-16-8-6-14(7-9-16)18(22)10-17(15(11-20)12-21)13-4-2-1-3-5-13/h1-9,15,17H,10H2/t17-/m0/s1. The normalized spacial score (nSPS) is 11.5. The number of rotatable bonds is 5. The van der Waals surface area contributed by atoms with Crippen molar-refractivity contribution in [3.05, 3.63) is 70.2 Å². The molecule has 1 atom stereocenters. The summed E-state index contributed by atoms with van der Waals surface area (Å²) in [7, 11) is 0. The van der Waals surface area contributed by atoms with E-state index < -0.39 is 11.8 Å². The fraction of sp³-hybridized carbons (Fsp3) is 0.167. The van der Waals surface area contributed by atoms with Gasteiger partial charge in [0, 0.05) is 22.4 Å². The highest BCUT2D eigenvalue weighted by Gasteiger charge is 2.26. The molecule has 0 heterocycles. The number of benzene rings is 2. The first kappa shape index (κ1) is 15.9. The van der Waals surface area contributed by atoms with Gasteiger partial charge in [-0.15, -0.1) is 0 Å². The van der Waals surface area contributed by atoms with Crippen molar-refractivity contribution < 1.29 is 4.79 Å². The zero-order valence-corrected chi connectivity index (χ0v) is 13.3. The van der Waals surface area contributed by atoms with Crippen LogP contribution in [-0.4, -0.2) is 5.78 Å². The Hall–Kier alpha value is -2.43. The van der Waals surface area contributed by atoms with E-state index in [4.69, 9.17) is 0 Å². The van der Waals surface area contributed by atoms with Gasteiger partial charge in [-0.3, -0.25) is 4.79 Å². The summed E-state index contributed by atoms with van der Waals surface area (Å²) in [5.74, 6) is -1.34. The van der Waals surface area contributed by atoms with Crippen LogP contribution in [0.15, 0.2) is 59.1 Å². The van der Waals surface area contributed by atoms with Crippen molar-refractivity contribution in [3.8, 4) is 12.1 Å². The van der Waals surface area contributed by atoms with Crippen LogP contribution in [0.5, 0.6) is 0 Å². The molecule has 0 radical (unpaired) electrons. The Kier molecular flexibility index (Phi) is 5.47. The van der Waals surface area contributed by atoms with Crippen LogP contribution in [-0.2, 0) is 0 Å². The Morgan fingerprint density at radius 2 is 1.59 bits per heavy atom. The molecule has 2 rings (SSSR count). The topological polar surface area (TPSA) is 64.7 Å². The summed E-state index contributed by atoms with van der Waals surface area (Å²) in [5.41, 5.74) is 1.42. The molecule has 108 valence electrons. The fourth-order valence-corrected chi connectivity index (χ4v) is 2.55. The monoisotopic (exact) mass is 352 g/mol. The van der Waals surface area contributed by atoms with Crippen LogP contribution in [0, 0.1) is 28.6 Å². The van der Waals surface area contributed by atoms with Gasteiger partial charge in [0.2, 0.25) is 0 Å². The van der Waals surface area contributed by atoms with Crippen LogP contribution in [0.2, 0.25) is 0 Å². The van der Waals surface area contributed by atoms with E-state index in [1.54, 1.807) is 24.3 Å². The lowest BCUT2D eigenvalue weighted by Crippen LogP contribution is -2.15. The number of nitrogens with zero attached hydrogens (tertiary/aromatic N) is 2. The summed E-state index contributed by atoms with van der Waals surface area (Å²) in [4.78, 5) is 12.4. The number of carbonyl (C=O) groups excluding carboxylic acids is 1. The smallest absolute Gasteiger partial charge is 0.163 e. The third-order valence-electron chi connectivity index (χ3n) is 3.48. The molecule has 2 aromatic carbocycles. The number of ketones is 1. The molecular weight excluding hydrogens is 340 g/mol. The summed E-state index contributed by atoms with van der Waals surface area (Å²) in [6.07, 6.45) is 0.136. The highest BCUT2D eigenvalue weighted by molar-refractivity contribution is 9.10. The average molecular weight is 353 g/mol. The first-order valence-corrected chi connectivity index (χ1v) is 7.58. The van der Waals surface area contributed by atoms with Crippen LogP contribution in [0.1, 0.15) is 28.3 Å². The third kappa shape index (κ3) is 3.81. The SMILES string of the molecule is N#CC(C#N)[C@@H](CC(=O)c1ccc(Br)cc1)c1ccccc1. The number of hydrogen-bond donors (Lipinski definition) is 0. The second-order valence-corrected chi connectivity index (χ2v) is 5.80. The third-order valence-corrected chi connectivity index (χ3v) is 4.01. The zero-order valence-electron chi connectivity index (χ0n) is 11.7. The van der Waals surface area contributed by atoms with Gasteiger partial charge in [0.1, 0.15) is 5.92 Å². The fourth-order valence-electron chi connectivity index (χ4n) is 2.29. The molecule has 0 unspecified atom stereocenters. The maximum Gasteiger partial charge on any atom is 0.163 e. The van der Waals surface area contributed by atoms with Gasteiger partial charge in [-0.1, -0.05) is 58.4 Å². The van der Waals surface area contributed by atoms with Crippen molar-refractivity contribution in [2.24, 2.45) is 5.92 Å². The first-order valence-electron chi connectivity index (χ1n) is 6.78. The molecule has 4 heteroatoms. The van der Waals surface area contributed by atoms with E-state index in [0.29, 0.717) is 5.56 Å². The van der Waals surface area contributed by atoms with E-state index in [0.717, 1.165) is 10.0 Å². The Labute approximate surface area is 137 Å². The maximum absolute atomic E-state index is 12.4. The van der Waals surface area contributed by atoms with Gasteiger partial charge in [0.05, 0.1) is 12.1 Å². The summed E-state index contributed by atoms with van der Waals surface area (Å²) in [5, 5.41) is 18.4. The van der Waals surface area contributed by atoms with Gasteiger partial charge in [0.15, 0.2) is 5.78 Å². The van der Waals surface area contributed by atoms with E-state index in [9.17, 15) is 15.3 Å². The number of carbonyl (C=O) groups is 1. The Balaban J connectivity index is 2.27. The summed E-state index contributed by atoms with van der Waals surface area (Å²) in [6, 6.07) is 20.3. The lowest BCUT2D eigenvalue weighted by molar-refractivity contribution is 0.0971. The molecular formula is C18H13BrN2O. The predicted octanol–water partition coefficient (Wildman–Crippen LogP) is 4.47. The van der Waals surface area contributed by atoms with Crippen molar-refractivity contribution in [1.29, 1.82) is 10.5 Å². The van der Waals surface area contributed by atoms with Gasteiger partial charge in [-0.05, 0) is 17.7 Å². The Bertz CT molecular complexity index is 712. The van der Waals surface area contributed by atoms with Crippen molar-refractivity contribution >= 4 is 21.7 Å². The van der Waals surface area contributed by atoms with E-state index in [1.165, 1.54) is 0 Å². The molecule has 0 aliphatic carbocycles. The predicted molar refractivity (Wildman–Crippen MR) is 87.0 cm³/mol. The Morgan fingerprint density at radius 3 is 2.14 bits per heavy atom. The molecule has 0 saturated heterocycles. The number of nitriles is 2. The van der Waals surface area contributed by atoms with Gasteiger partial charge in [0.25, 0.3) is 0 Å². The molecule has 22 heavy (non-hydrogen) atoms. The van der Waals surface area contributed by atoms with Crippen molar-refractivity contribution in [2.75, 3.05) is 0 Å².